The molecular formula is C36H49N3O7S2. The average Bonchev–Trinajstić information content (AvgIpc) is 3.03. The molecule has 1 saturated carbocycles. The zero-order chi connectivity index (χ0) is 35.1. The molecule has 10 nitrogen and oxygen atoms in total. The van der Waals surface area contributed by atoms with E-state index in [1.165, 1.54) is 0 Å². The lowest BCUT2D eigenvalue weighted by Gasteiger charge is -2.38. The molecule has 262 valence electrons. The van der Waals surface area contributed by atoms with Crippen LogP contribution in [0.3, 0.4) is 0 Å². The largest absolute Gasteiger partial charge is 0.391 e. The van der Waals surface area contributed by atoms with Crippen molar-refractivity contribution in [3.05, 3.63) is 78.4 Å². The van der Waals surface area contributed by atoms with Crippen LogP contribution in [0, 0.1) is 11.8 Å². The second kappa shape index (κ2) is 16.5. The Labute approximate surface area is 286 Å². The Morgan fingerprint density at radius 1 is 1.00 bits per heavy atom. The number of fused-ring (bicyclic) bond motifs is 1. The van der Waals surface area contributed by atoms with Crippen molar-refractivity contribution in [2.24, 2.45) is 11.8 Å². The molecular weight excluding hydrogens is 651 g/mol. The lowest BCUT2D eigenvalue weighted by molar-refractivity contribution is -0.132. The van der Waals surface area contributed by atoms with Crippen LogP contribution < -0.4 is 15.4 Å². The quantitative estimate of drug-likeness (QED) is 0.201. The molecule has 0 radical (unpaired) electrons. The van der Waals surface area contributed by atoms with E-state index in [1.807, 2.05) is 81.4 Å². The van der Waals surface area contributed by atoms with Gasteiger partial charge in [-0.3, -0.25) is 13.8 Å². The van der Waals surface area contributed by atoms with E-state index in [-0.39, 0.29) is 36.5 Å². The summed E-state index contributed by atoms with van der Waals surface area (Å²) >= 11 is 0. The third-order valence-corrected chi connectivity index (χ3v) is 10.9. The zero-order valence-electron chi connectivity index (χ0n) is 28.3. The molecule has 3 aromatic rings. The van der Waals surface area contributed by atoms with Crippen molar-refractivity contribution in [2.45, 2.75) is 87.6 Å². The molecule has 0 aliphatic heterocycles. The molecule has 4 N–H and O–H groups in total. The molecule has 0 saturated heterocycles. The molecule has 1 fully saturated rings. The molecule has 1 aliphatic carbocycles. The average molecular weight is 700 g/mol. The standard InChI is InChI=1S/C36H49N3O7S2/c1-36(2,3)38-34(41)29-22-27(46-4)19-18-26(29)21-32(40)30(20-24-12-7-6-8-13-24)37-35(42)31(39-48(5,44)45)23-47(43)33-17-11-15-25-14-9-10-16-28(25)33/h6-17,26-27,29-32,39-40H,18-23H2,1-5H3,(H,37,42)(H,38,41). The summed E-state index contributed by atoms with van der Waals surface area (Å²) in [5.41, 5.74) is 0.427. The van der Waals surface area contributed by atoms with Gasteiger partial charge in [0.2, 0.25) is 21.8 Å². The third-order valence-electron chi connectivity index (χ3n) is 8.73. The maximum Gasteiger partial charge on any atom is 0.239 e. The minimum absolute atomic E-state index is 0.0700. The van der Waals surface area contributed by atoms with Gasteiger partial charge in [-0.2, -0.15) is 0 Å². The Balaban J connectivity index is 1.58. The van der Waals surface area contributed by atoms with Crippen LogP contribution in [0.15, 0.2) is 77.7 Å². The summed E-state index contributed by atoms with van der Waals surface area (Å²) in [6, 6.07) is 20.0. The zero-order valence-corrected chi connectivity index (χ0v) is 30.0. The number of carbonyl (C=O) groups is 2. The summed E-state index contributed by atoms with van der Waals surface area (Å²) in [4.78, 5) is 27.8. The first kappa shape index (κ1) is 37.7. The number of aliphatic hydroxyl groups excluding tert-OH is 1. The first-order chi connectivity index (χ1) is 22.6. The first-order valence-electron chi connectivity index (χ1n) is 16.3. The molecule has 3 aromatic carbocycles. The van der Waals surface area contributed by atoms with Crippen LogP contribution in [0.25, 0.3) is 10.8 Å². The van der Waals surface area contributed by atoms with Gasteiger partial charge < -0.3 is 20.5 Å². The predicted molar refractivity (Wildman–Crippen MR) is 189 cm³/mol. The van der Waals surface area contributed by atoms with Gasteiger partial charge >= 0.3 is 0 Å². The Morgan fingerprint density at radius 2 is 1.67 bits per heavy atom. The van der Waals surface area contributed by atoms with Crippen LogP contribution in [-0.4, -0.2) is 78.5 Å². The minimum Gasteiger partial charge on any atom is -0.391 e. The van der Waals surface area contributed by atoms with Crippen molar-refractivity contribution in [1.29, 1.82) is 0 Å². The number of aliphatic hydroxyl groups is 1. The van der Waals surface area contributed by atoms with Gasteiger partial charge in [0.25, 0.3) is 0 Å². The first-order valence-corrected chi connectivity index (χ1v) is 19.5. The summed E-state index contributed by atoms with van der Waals surface area (Å²) in [6.07, 6.45) is 2.23. The number of hydrogen-bond donors (Lipinski definition) is 4. The molecule has 48 heavy (non-hydrogen) atoms. The molecule has 0 bridgehead atoms. The summed E-state index contributed by atoms with van der Waals surface area (Å²) in [7, 11) is -3.98. The molecule has 0 heterocycles. The van der Waals surface area contributed by atoms with Crippen LogP contribution in [0.5, 0.6) is 0 Å². The van der Waals surface area contributed by atoms with Gasteiger partial charge in [0, 0.05) is 23.5 Å². The number of carbonyl (C=O) groups excluding carboxylic acids is 2. The van der Waals surface area contributed by atoms with Gasteiger partial charge in [0.05, 0.1) is 41.1 Å². The molecule has 0 spiro atoms. The van der Waals surface area contributed by atoms with E-state index < -0.39 is 56.4 Å². The van der Waals surface area contributed by atoms with Crippen LogP contribution >= 0.6 is 0 Å². The summed E-state index contributed by atoms with van der Waals surface area (Å²) in [6.45, 7) is 5.77. The molecule has 2 amide bonds. The molecule has 4 rings (SSSR count). The highest BCUT2D eigenvalue weighted by atomic mass is 32.2. The highest BCUT2D eigenvalue weighted by Gasteiger charge is 2.39. The minimum atomic E-state index is -3.88. The number of methoxy groups -OCH3 is 1. The second-order valence-corrected chi connectivity index (χ2v) is 17.1. The number of benzene rings is 3. The van der Waals surface area contributed by atoms with Gasteiger partial charge in [-0.15, -0.1) is 0 Å². The fourth-order valence-electron chi connectivity index (χ4n) is 6.44. The number of nitrogens with one attached hydrogen (secondary N) is 3. The topological polar surface area (TPSA) is 151 Å². The van der Waals surface area contributed by atoms with Crippen molar-refractivity contribution in [3.63, 3.8) is 0 Å². The van der Waals surface area contributed by atoms with E-state index in [1.54, 1.807) is 19.2 Å². The van der Waals surface area contributed by atoms with Crippen molar-refractivity contribution in [2.75, 3.05) is 19.1 Å². The third kappa shape index (κ3) is 10.9. The van der Waals surface area contributed by atoms with Crippen molar-refractivity contribution < 1.29 is 32.1 Å². The van der Waals surface area contributed by atoms with Crippen LogP contribution in [0.4, 0.5) is 0 Å². The lowest BCUT2D eigenvalue weighted by Crippen LogP contribution is -2.55. The molecule has 7 atom stereocenters. The lowest BCUT2D eigenvalue weighted by atomic mass is 9.73. The summed E-state index contributed by atoms with van der Waals surface area (Å²) in [5.74, 6) is -1.67. The van der Waals surface area contributed by atoms with E-state index in [0.717, 1.165) is 29.0 Å². The van der Waals surface area contributed by atoms with E-state index in [4.69, 9.17) is 4.74 Å². The van der Waals surface area contributed by atoms with Gasteiger partial charge in [-0.1, -0.05) is 66.7 Å². The summed E-state index contributed by atoms with van der Waals surface area (Å²) in [5, 5.41) is 19.3. The van der Waals surface area contributed by atoms with Crippen molar-refractivity contribution >= 4 is 43.4 Å². The Kier molecular flexibility index (Phi) is 12.9. The van der Waals surface area contributed by atoms with Gasteiger partial charge in [-0.25, -0.2) is 13.1 Å². The molecule has 12 heteroatoms. The Bertz CT molecular complexity index is 1670. The van der Waals surface area contributed by atoms with Gasteiger partial charge in [0.15, 0.2) is 0 Å². The maximum atomic E-state index is 13.9. The highest BCUT2D eigenvalue weighted by molar-refractivity contribution is 7.89. The fraction of sp³-hybridized carbons (Fsp3) is 0.500. The van der Waals surface area contributed by atoms with Crippen molar-refractivity contribution in [3.8, 4) is 0 Å². The molecule has 1 aliphatic rings. The van der Waals surface area contributed by atoms with Gasteiger partial charge in [-0.05, 0) is 81.2 Å². The van der Waals surface area contributed by atoms with E-state index >= 15 is 0 Å². The van der Waals surface area contributed by atoms with Crippen molar-refractivity contribution in [1.82, 2.24) is 15.4 Å². The van der Waals surface area contributed by atoms with E-state index in [9.17, 15) is 27.3 Å². The van der Waals surface area contributed by atoms with Crippen LogP contribution in [0.1, 0.15) is 52.0 Å². The van der Waals surface area contributed by atoms with Crippen LogP contribution in [0.2, 0.25) is 0 Å². The smallest absolute Gasteiger partial charge is 0.239 e. The SMILES string of the molecule is COC1CCC(CC(O)C(Cc2ccccc2)NC(=O)C(CS(=O)c2cccc3ccccc23)NS(C)(=O)=O)C(C(=O)NC(C)(C)C)C1. The monoisotopic (exact) mass is 699 g/mol. The predicted octanol–water partition coefficient (Wildman–Crippen LogP) is 3.69. The van der Waals surface area contributed by atoms with E-state index in [0.29, 0.717) is 17.7 Å². The number of hydrogen-bond acceptors (Lipinski definition) is 7. The number of amides is 2. The summed E-state index contributed by atoms with van der Waals surface area (Å²) < 4.78 is 46.5. The molecule has 7 unspecified atom stereocenters. The van der Waals surface area contributed by atoms with E-state index in [2.05, 4.69) is 15.4 Å². The maximum absolute atomic E-state index is 13.9. The second-order valence-electron chi connectivity index (χ2n) is 13.8. The number of rotatable bonds is 14. The van der Waals surface area contributed by atoms with Gasteiger partial charge in [0.1, 0.15) is 6.04 Å². The Morgan fingerprint density at radius 3 is 2.33 bits per heavy atom. The Hall–Kier alpha value is -3.16. The normalized spacial score (nSPS) is 21.2. The van der Waals surface area contributed by atoms with Crippen LogP contribution in [-0.2, 0) is 41.6 Å². The fourth-order valence-corrected chi connectivity index (χ4v) is 8.63. The highest BCUT2D eigenvalue weighted by Crippen LogP contribution is 2.36. The number of sulfonamides is 1. The molecule has 0 aromatic heterocycles. The number of ether oxygens (including phenoxy) is 1.